The molecule has 0 bridgehead atoms. The minimum absolute atomic E-state index is 0.193. The fourth-order valence-corrected chi connectivity index (χ4v) is 1.76. The number of benzene rings is 1. The Hall–Kier alpha value is -1.07. The summed E-state index contributed by atoms with van der Waals surface area (Å²) in [6, 6.07) is 4.81. The van der Waals surface area contributed by atoms with E-state index in [9.17, 15) is 23.4 Å². The van der Waals surface area contributed by atoms with Gasteiger partial charge in [0.25, 0.3) is 0 Å². The average Bonchev–Trinajstić information content (AvgIpc) is 2.36. The molecule has 0 radical (unpaired) electrons. The quantitative estimate of drug-likeness (QED) is 0.856. The smallest absolute Gasteiger partial charge is 0.396 e. The fourth-order valence-electron chi connectivity index (χ4n) is 1.76. The lowest BCUT2D eigenvalue weighted by atomic mass is 9.80. The maximum Gasteiger partial charge on any atom is 0.416 e. The molecule has 18 heavy (non-hydrogen) atoms. The van der Waals surface area contributed by atoms with E-state index in [-0.39, 0.29) is 13.2 Å². The highest BCUT2D eigenvalue weighted by Crippen LogP contribution is 2.31. The number of alkyl halides is 3. The molecule has 1 rings (SSSR count). The molecule has 102 valence electrons. The third-order valence-electron chi connectivity index (χ3n) is 3.28. The first kappa shape index (κ1) is 15.0. The van der Waals surface area contributed by atoms with E-state index in [2.05, 4.69) is 0 Å². The first-order valence-electron chi connectivity index (χ1n) is 5.75. The van der Waals surface area contributed by atoms with Gasteiger partial charge in [0.05, 0.1) is 18.8 Å². The van der Waals surface area contributed by atoms with Gasteiger partial charge in [-0.3, -0.25) is 0 Å². The topological polar surface area (TPSA) is 40.5 Å². The number of hydrogen-bond donors (Lipinski definition) is 2. The van der Waals surface area contributed by atoms with Gasteiger partial charge in [0.2, 0.25) is 0 Å². The van der Waals surface area contributed by atoms with Crippen molar-refractivity contribution >= 4 is 0 Å². The van der Waals surface area contributed by atoms with Crippen molar-refractivity contribution in [3.63, 3.8) is 0 Å². The highest BCUT2D eigenvalue weighted by molar-refractivity contribution is 5.25. The minimum Gasteiger partial charge on any atom is -0.396 e. The van der Waals surface area contributed by atoms with Crippen molar-refractivity contribution < 1.29 is 23.4 Å². The van der Waals surface area contributed by atoms with Gasteiger partial charge < -0.3 is 10.2 Å². The summed E-state index contributed by atoms with van der Waals surface area (Å²) in [6.45, 7) is 1.44. The normalized spacial score (nSPS) is 12.8. The van der Waals surface area contributed by atoms with Crippen molar-refractivity contribution in [3.8, 4) is 0 Å². The van der Waals surface area contributed by atoms with Crippen molar-refractivity contribution in [2.75, 3.05) is 13.2 Å². The van der Waals surface area contributed by atoms with Gasteiger partial charge in [0.1, 0.15) is 0 Å². The highest BCUT2D eigenvalue weighted by atomic mass is 19.4. The van der Waals surface area contributed by atoms with Crippen LogP contribution in [0, 0.1) is 5.41 Å². The highest BCUT2D eigenvalue weighted by Gasteiger charge is 2.31. The van der Waals surface area contributed by atoms with Crippen LogP contribution in [0.1, 0.15) is 24.5 Å². The zero-order chi connectivity index (χ0) is 13.8. The molecule has 0 unspecified atom stereocenters. The van der Waals surface area contributed by atoms with Crippen LogP contribution >= 0.6 is 0 Å². The van der Waals surface area contributed by atoms with Crippen LogP contribution in [-0.4, -0.2) is 23.4 Å². The number of hydrogen-bond acceptors (Lipinski definition) is 2. The Morgan fingerprint density at radius 3 is 1.83 bits per heavy atom. The van der Waals surface area contributed by atoms with Crippen molar-refractivity contribution in [2.45, 2.75) is 25.9 Å². The zero-order valence-corrected chi connectivity index (χ0v) is 10.2. The molecule has 0 aliphatic carbocycles. The van der Waals surface area contributed by atoms with E-state index in [0.29, 0.717) is 18.4 Å². The standard InChI is InChI=1S/C13H17F3O2/c1-2-12(8-17,9-18)7-10-3-5-11(6-4-10)13(14,15)16/h3-6,17-18H,2,7-9H2,1H3. The Morgan fingerprint density at radius 1 is 1.00 bits per heavy atom. The van der Waals surface area contributed by atoms with Crippen molar-refractivity contribution in [1.82, 2.24) is 0 Å². The number of halogens is 3. The second-order valence-corrected chi connectivity index (χ2v) is 4.54. The van der Waals surface area contributed by atoms with Gasteiger partial charge in [-0.1, -0.05) is 19.1 Å². The van der Waals surface area contributed by atoms with E-state index in [1.54, 1.807) is 0 Å². The molecular formula is C13H17F3O2. The molecule has 1 aromatic rings. The Kier molecular flexibility index (Phi) is 4.76. The van der Waals surface area contributed by atoms with Crippen LogP contribution in [0.2, 0.25) is 0 Å². The van der Waals surface area contributed by atoms with Gasteiger partial charge >= 0.3 is 6.18 Å². The first-order chi connectivity index (χ1) is 8.37. The van der Waals surface area contributed by atoms with Crippen LogP contribution in [0.25, 0.3) is 0 Å². The second-order valence-electron chi connectivity index (χ2n) is 4.54. The molecule has 0 amide bonds. The molecule has 0 saturated carbocycles. The molecule has 1 aromatic carbocycles. The number of rotatable bonds is 5. The van der Waals surface area contributed by atoms with E-state index >= 15 is 0 Å². The van der Waals surface area contributed by atoms with Gasteiger partial charge in [0.15, 0.2) is 0 Å². The lowest BCUT2D eigenvalue weighted by Gasteiger charge is -2.28. The van der Waals surface area contributed by atoms with Crippen LogP contribution in [0.4, 0.5) is 13.2 Å². The Morgan fingerprint density at radius 2 is 1.50 bits per heavy atom. The van der Waals surface area contributed by atoms with Crippen LogP contribution in [0.15, 0.2) is 24.3 Å². The molecule has 0 fully saturated rings. The molecule has 0 saturated heterocycles. The largest absolute Gasteiger partial charge is 0.416 e. The van der Waals surface area contributed by atoms with Crippen LogP contribution in [0.3, 0.4) is 0 Å². The Bertz CT molecular complexity index is 359. The Labute approximate surface area is 104 Å². The molecule has 0 aromatic heterocycles. The van der Waals surface area contributed by atoms with Crippen LogP contribution in [0.5, 0.6) is 0 Å². The summed E-state index contributed by atoms with van der Waals surface area (Å²) in [7, 11) is 0. The molecule has 0 atom stereocenters. The van der Waals surface area contributed by atoms with Gasteiger partial charge in [-0.25, -0.2) is 0 Å². The number of aliphatic hydroxyl groups excluding tert-OH is 2. The van der Waals surface area contributed by atoms with E-state index in [0.717, 1.165) is 12.1 Å². The summed E-state index contributed by atoms with van der Waals surface area (Å²) in [5.74, 6) is 0. The van der Waals surface area contributed by atoms with Gasteiger partial charge in [-0.05, 0) is 30.5 Å². The molecule has 0 aliphatic rings. The third kappa shape index (κ3) is 3.46. The maximum absolute atomic E-state index is 12.4. The van der Waals surface area contributed by atoms with Gasteiger partial charge in [0, 0.05) is 5.41 Å². The predicted molar refractivity (Wildman–Crippen MR) is 62.0 cm³/mol. The fraction of sp³-hybridized carbons (Fsp3) is 0.538. The molecule has 2 N–H and O–H groups in total. The average molecular weight is 262 g/mol. The predicted octanol–water partition coefficient (Wildman–Crippen LogP) is 2.63. The molecule has 5 heteroatoms. The molecule has 0 spiro atoms. The van der Waals surface area contributed by atoms with Crippen molar-refractivity contribution in [3.05, 3.63) is 35.4 Å². The lowest BCUT2D eigenvalue weighted by Crippen LogP contribution is -2.31. The van der Waals surface area contributed by atoms with Gasteiger partial charge in [-0.2, -0.15) is 13.2 Å². The monoisotopic (exact) mass is 262 g/mol. The van der Waals surface area contributed by atoms with Crippen LogP contribution < -0.4 is 0 Å². The zero-order valence-electron chi connectivity index (χ0n) is 10.2. The molecule has 0 heterocycles. The SMILES string of the molecule is CCC(CO)(CO)Cc1ccc(C(F)(F)F)cc1. The van der Waals surface area contributed by atoms with Crippen molar-refractivity contribution in [2.24, 2.45) is 5.41 Å². The van der Waals surface area contributed by atoms with E-state index < -0.39 is 17.2 Å². The first-order valence-corrected chi connectivity index (χ1v) is 5.75. The molecule has 0 aliphatic heterocycles. The third-order valence-corrected chi connectivity index (χ3v) is 3.28. The maximum atomic E-state index is 12.4. The lowest BCUT2D eigenvalue weighted by molar-refractivity contribution is -0.137. The summed E-state index contributed by atoms with van der Waals surface area (Å²) in [5.41, 5.74) is -0.686. The summed E-state index contributed by atoms with van der Waals surface area (Å²) < 4.78 is 37.1. The van der Waals surface area contributed by atoms with E-state index in [1.165, 1.54) is 12.1 Å². The summed E-state index contributed by atoms with van der Waals surface area (Å²) in [5, 5.41) is 18.6. The number of aliphatic hydroxyl groups is 2. The summed E-state index contributed by atoms with van der Waals surface area (Å²) >= 11 is 0. The summed E-state index contributed by atoms with van der Waals surface area (Å²) in [6.07, 6.45) is -3.43. The minimum atomic E-state index is -4.34. The molecule has 2 nitrogen and oxygen atoms in total. The molecular weight excluding hydrogens is 245 g/mol. The van der Waals surface area contributed by atoms with E-state index in [1.807, 2.05) is 6.92 Å². The van der Waals surface area contributed by atoms with Crippen molar-refractivity contribution in [1.29, 1.82) is 0 Å². The van der Waals surface area contributed by atoms with Crippen LogP contribution in [-0.2, 0) is 12.6 Å². The Balaban J connectivity index is 2.86. The summed E-state index contributed by atoms with van der Waals surface area (Å²) in [4.78, 5) is 0. The second kappa shape index (κ2) is 5.71. The van der Waals surface area contributed by atoms with Gasteiger partial charge in [-0.15, -0.1) is 0 Å². The van der Waals surface area contributed by atoms with E-state index in [4.69, 9.17) is 0 Å².